The SMILES string of the molecule is [2H]C1([2H])OC([2H])([2H])C([2H])([2H])N(c2ccc(N3C[C@H](C(C)(C)N)OC3=O)cc2F)C1([2H])[2H]. The van der Waals surface area contributed by atoms with Crippen molar-refractivity contribution in [3.63, 3.8) is 0 Å². The lowest BCUT2D eigenvalue weighted by Gasteiger charge is -2.29. The van der Waals surface area contributed by atoms with Gasteiger partial charge in [0, 0.05) is 18.5 Å². The Morgan fingerprint density at radius 2 is 2.09 bits per heavy atom. The first-order valence-corrected chi connectivity index (χ1v) is 6.90. The molecule has 0 spiro atoms. The molecule has 2 aliphatic heterocycles. The smallest absolute Gasteiger partial charge is 0.414 e. The monoisotopic (exact) mass is 331 g/mol. The quantitative estimate of drug-likeness (QED) is 0.913. The maximum atomic E-state index is 15.1. The average Bonchev–Trinajstić information content (AvgIpc) is 2.96. The first-order chi connectivity index (χ1) is 13.8. The van der Waals surface area contributed by atoms with Crippen LogP contribution in [0.1, 0.15) is 24.8 Å². The number of ether oxygens (including phenoxy) is 2. The van der Waals surface area contributed by atoms with E-state index in [-0.39, 0.29) is 17.1 Å². The van der Waals surface area contributed by atoms with Crippen molar-refractivity contribution in [2.24, 2.45) is 5.73 Å². The summed E-state index contributed by atoms with van der Waals surface area (Å²) in [6.07, 6.45) is -1.45. The number of halogens is 1. The van der Waals surface area contributed by atoms with Gasteiger partial charge in [-0.3, -0.25) is 4.90 Å². The number of benzene rings is 1. The normalized spacial score (nSPS) is 36.3. The van der Waals surface area contributed by atoms with Crippen LogP contribution in [0.25, 0.3) is 0 Å². The van der Waals surface area contributed by atoms with E-state index in [4.69, 9.17) is 21.4 Å². The molecule has 0 unspecified atom stereocenters. The van der Waals surface area contributed by atoms with E-state index in [9.17, 15) is 4.79 Å². The maximum absolute atomic E-state index is 15.1. The highest BCUT2D eigenvalue weighted by Crippen LogP contribution is 2.30. The fraction of sp³-hybridized carbons (Fsp3) is 0.562. The number of cyclic esters (lactones) is 1. The minimum absolute atomic E-state index is 0.0193. The molecule has 0 saturated carbocycles. The Morgan fingerprint density at radius 3 is 2.65 bits per heavy atom. The number of nitrogens with two attached hydrogens (primary N) is 1. The molecule has 126 valence electrons. The molecular formula is C16H22FN3O3. The molecule has 1 aromatic carbocycles. The molecular weight excluding hydrogens is 301 g/mol. The molecule has 0 aromatic heterocycles. The van der Waals surface area contributed by atoms with Crippen LogP contribution >= 0.6 is 0 Å². The number of carbonyl (C=O) groups is 1. The molecule has 0 radical (unpaired) electrons. The van der Waals surface area contributed by atoms with Crippen LogP contribution in [0, 0.1) is 5.82 Å². The number of anilines is 2. The van der Waals surface area contributed by atoms with Crippen LogP contribution < -0.4 is 15.5 Å². The Hall–Kier alpha value is -1.86. The summed E-state index contributed by atoms with van der Waals surface area (Å²) in [6.45, 7) is -9.87. The maximum Gasteiger partial charge on any atom is 0.414 e. The number of amides is 1. The van der Waals surface area contributed by atoms with Crippen molar-refractivity contribution < 1.29 is 29.6 Å². The van der Waals surface area contributed by atoms with Gasteiger partial charge in [-0.25, -0.2) is 9.18 Å². The molecule has 3 rings (SSSR count). The number of rotatable bonds is 3. The van der Waals surface area contributed by atoms with Crippen LogP contribution in [0.2, 0.25) is 0 Å². The van der Waals surface area contributed by atoms with E-state index < -0.39 is 55.4 Å². The van der Waals surface area contributed by atoms with Crippen molar-refractivity contribution in [1.29, 1.82) is 0 Å². The molecule has 6 nitrogen and oxygen atoms in total. The van der Waals surface area contributed by atoms with E-state index in [0.29, 0.717) is 0 Å². The third-order valence-electron chi connectivity index (χ3n) is 3.54. The topological polar surface area (TPSA) is 68.0 Å². The Kier molecular flexibility index (Phi) is 2.30. The van der Waals surface area contributed by atoms with E-state index in [0.717, 1.165) is 17.0 Å². The van der Waals surface area contributed by atoms with Gasteiger partial charge in [-0.2, -0.15) is 0 Å². The zero-order chi connectivity index (χ0) is 23.8. The third kappa shape index (κ3) is 3.25. The zero-order valence-electron chi connectivity index (χ0n) is 20.6. The van der Waals surface area contributed by atoms with Crippen LogP contribution in [-0.4, -0.2) is 50.4 Å². The molecule has 2 saturated heterocycles. The van der Waals surface area contributed by atoms with Gasteiger partial charge in [0.15, 0.2) is 0 Å². The minimum Gasteiger partial charge on any atom is -0.442 e. The lowest BCUT2D eigenvalue weighted by Crippen LogP contribution is -2.47. The standard InChI is InChI=1S/C16H22FN3O3/c1-16(2,18)14-10-20(15(21)23-14)11-3-4-13(12(17)9-11)19-5-7-22-8-6-19/h3-4,9,14H,5-8,10,18H2,1-2H3/t14-/m1/s1/i5D2,6D2,7D2,8D2. The summed E-state index contributed by atoms with van der Waals surface area (Å²) in [4.78, 5) is 13.3. The van der Waals surface area contributed by atoms with Crippen LogP contribution in [0.5, 0.6) is 0 Å². The largest absolute Gasteiger partial charge is 0.442 e. The summed E-state index contributed by atoms with van der Waals surface area (Å²) in [5.74, 6) is -1.21. The van der Waals surface area contributed by atoms with Gasteiger partial charge in [0.05, 0.1) is 42.0 Å². The van der Waals surface area contributed by atoms with Gasteiger partial charge in [0.2, 0.25) is 0 Å². The van der Waals surface area contributed by atoms with Crippen molar-refractivity contribution in [3.8, 4) is 0 Å². The molecule has 0 bridgehead atoms. The molecule has 1 amide bonds. The van der Waals surface area contributed by atoms with E-state index in [2.05, 4.69) is 4.74 Å². The average molecular weight is 331 g/mol. The van der Waals surface area contributed by atoms with E-state index in [1.807, 2.05) is 0 Å². The summed E-state index contributed by atoms with van der Waals surface area (Å²) in [5.41, 5.74) is 4.37. The fourth-order valence-corrected chi connectivity index (χ4v) is 2.22. The summed E-state index contributed by atoms with van der Waals surface area (Å²) in [6, 6.07) is 2.96. The number of morpholine rings is 1. The van der Waals surface area contributed by atoms with Gasteiger partial charge >= 0.3 is 6.09 Å². The highest BCUT2D eigenvalue weighted by Gasteiger charge is 2.40. The lowest BCUT2D eigenvalue weighted by molar-refractivity contribution is 0.102. The number of hydrogen-bond donors (Lipinski definition) is 1. The Labute approximate surface area is 146 Å². The first-order valence-electron chi connectivity index (χ1n) is 10.9. The van der Waals surface area contributed by atoms with Crippen LogP contribution in [0.15, 0.2) is 18.2 Å². The number of hydrogen-bond acceptors (Lipinski definition) is 5. The minimum atomic E-state index is -3.31. The molecule has 2 fully saturated rings. The number of nitrogens with zero attached hydrogens (tertiary/aromatic N) is 2. The molecule has 0 aliphatic carbocycles. The van der Waals surface area contributed by atoms with Crippen LogP contribution in [-0.2, 0) is 9.47 Å². The summed E-state index contributed by atoms with van der Waals surface area (Å²) in [5, 5.41) is 0. The molecule has 1 atom stereocenters. The highest BCUT2D eigenvalue weighted by atomic mass is 19.1. The molecule has 7 heteroatoms. The third-order valence-corrected chi connectivity index (χ3v) is 3.54. The van der Waals surface area contributed by atoms with Gasteiger partial charge in [0.25, 0.3) is 0 Å². The summed E-state index contributed by atoms with van der Waals surface area (Å²) >= 11 is 0. The van der Waals surface area contributed by atoms with Gasteiger partial charge in [-0.15, -0.1) is 0 Å². The van der Waals surface area contributed by atoms with Gasteiger partial charge < -0.3 is 20.1 Å². The highest BCUT2D eigenvalue weighted by molar-refractivity contribution is 5.90. The second-order valence-electron chi connectivity index (χ2n) is 5.81. The Morgan fingerprint density at radius 1 is 1.39 bits per heavy atom. The van der Waals surface area contributed by atoms with Crippen molar-refractivity contribution >= 4 is 17.5 Å². The summed E-state index contributed by atoms with van der Waals surface area (Å²) in [7, 11) is 0. The molecule has 2 N–H and O–H groups in total. The van der Waals surface area contributed by atoms with Crippen molar-refractivity contribution in [2.75, 3.05) is 42.5 Å². The zero-order valence-corrected chi connectivity index (χ0v) is 12.6. The summed E-state index contributed by atoms with van der Waals surface area (Å²) < 4.78 is 87.6. The van der Waals surface area contributed by atoms with Gasteiger partial charge in [0.1, 0.15) is 11.9 Å². The Bertz CT molecular complexity index is 883. The fourth-order valence-electron chi connectivity index (χ4n) is 2.22. The van der Waals surface area contributed by atoms with E-state index >= 15 is 4.39 Å². The van der Waals surface area contributed by atoms with Crippen molar-refractivity contribution in [2.45, 2.75) is 25.5 Å². The molecule has 2 aliphatic rings. The Balaban J connectivity index is 2.03. The van der Waals surface area contributed by atoms with Crippen LogP contribution in [0.4, 0.5) is 20.6 Å². The molecule has 1 aromatic rings. The molecule has 23 heavy (non-hydrogen) atoms. The second kappa shape index (κ2) is 5.98. The van der Waals surface area contributed by atoms with Crippen LogP contribution in [0.3, 0.4) is 0 Å². The van der Waals surface area contributed by atoms with E-state index in [1.165, 1.54) is 6.07 Å². The van der Waals surface area contributed by atoms with Crippen molar-refractivity contribution in [1.82, 2.24) is 0 Å². The molecule has 2 heterocycles. The second-order valence-corrected chi connectivity index (χ2v) is 5.81. The van der Waals surface area contributed by atoms with Crippen molar-refractivity contribution in [3.05, 3.63) is 24.0 Å². The van der Waals surface area contributed by atoms with Gasteiger partial charge in [-0.05, 0) is 32.0 Å². The first kappa shape index (κ1) is 8.84. The lowest BCUT2D eigenvalue weighted by atomic mass is 9.99. The number of carbonyl (C=O) groups excluding carboxylic acids is 1. The van der Waals surface area contributed by atoms with Gasteiger partial charge in [-0.1, -0.05) is 0 Å². The predicted molar refractivity (Wildman–Crippen MR) is 85.3 cm³/mol. The predicted octanol–water partition coefficient (Wildman–Crippen LogP) is 1.72. The van der Waals surface area contributed by atoms with E-state index in [1.54, 1.807) is 13.8 Å².